The van der Waals surface area contributed by atoms with Crippen molar-refractivity contribution in [1.82, 2.24) is 9.80 Å². The summed E-state index contributed by atoms with van der Waals surface area (Å²) in [5.41, 5.74) is 0.889. The van der Waals surface area contributed by atoms with Gasteiger partial charge in [0, 0.05) is 37.3 Å². The first kappa shape index (κ1) is 19.4. The van der Waals surface area contributed by atoms with Gasteiger partial charge in [-0.15, -0.1) is 0 Å². The van der Waals surface area contributed by atoms with Gasteiger partial charge in [0.25, 0.3) is 0 Å². The summed E-state index contributed by atoms with van der Waals surface area (Å²) in [6.45, 7) is 12.7. The second kappa shape index (κ2) is 7.56. The minimum Gasteiger partial charge on any atom is -0.444 e. The smallest absolute Gasteiger partial charge is 0.243 e. The van der Waals surface area contributed by atoms with Gasteiger partial charge in [-0.25, -0.2) is 0 Å². The molecule has 2 N–H and O–H groups in total. The monoisotopic (exact) mass is 348 g/mol. The molecule has 7 nitrogen and oxygen atoms in total. The van der Waals surface area contributed by atoms with E-state index in [4.69, 9.17) is 4.42 Å². The summed E-state index contributed by atoms with van der Waals surface area (Å²) in [6, 6.07) is 1.76. The molecule has 1 aliphatic heterocycles. The number of amides is 1. The van der Waals surface area contributed by atoms with Gasteiger partial charge < -0.3 is 9.52 Å². The molecule has 0 aliphatic carbocycles. The SMILES string of the molecule is Cc1oc(NC(=O)[C@@H](C)N2CCN(C(C)(C)CO)CC2)c(C#N)c1C. The molecule has 0 saturated carbocycles. The van der Waals surface area contributed by atoms with Crippen LogP contribution < -0.4 is 5.32 Å². The Hall–Kier alpha value is -1.88. The van der Waals surface area contributed by atoms with Crippen molar-refractivity contribution >= 4 is 11.8 Å². The van der Waals surface area contributed by atoms with E-state index in [1.54, 1.807) is 13.8 Å². The Balaban J connectivity index is 1.98. The van der Waals surface area contributed by atoms with Crippen LogP contribution >= 0.6 is 0 Å². The summed E-state index contributed by atoms with van der Waals surface area (Å²) >= 11 is 0. The van der Waals surface area contributed by atoms with E-state index in [-0.39, 0.29) is 30.0 Å². The van der Waals surface area contributed by atoms with E-state index in [9.17, 15) is 15.2 Å². The van der Waals surface area contributed by atoms with E-state index < -0.39 is 0 Å². The van der Waals surface area contributed by atoms with E-state index in [1.165, 1.54) is 0 Å². The van der Waals surface area contributed by atoms with Crippen molar-refractivity contribution in [3.63, 3.8) is 0 Å². The fourth-order valence-corrected chi connectivity index (χ4v) is 3.05. The number of carbonyl (C=O) groups excluding carboxylic acids is 1. The van der Waals surface area contributed by atoms with E-state index in [0.717, 1.165) is 31.7 Å². The highest BCUT2D eigenvalue weighted by Gasteiger charge is 2.32. The minimum absolute atomic E-state index is 0.108. The van der Waals surface area contributed by atoms with Gasteiger partial charge in [0.05, 0.1) is 12.6 Å². The van der Waals surface area contributed by atoms with Crippen molar-refractivity contribution in [1.29, 1.82) is 5.26 Å². The number of nitrogens with one attached hydrogen (secondary N) is 1. The van der Waals surface area contributed by atoms with Gasteiger partial charge in [0.1, 0.15) is 17.4 Å². The number of hydrogen-bond donors (Lipinski definition) is 2. The van der Waals surface area contributed by atoms with Gasteiger partial charge in [-0.3, -0.25) is 19.9 Å². The number of furan rings is 1. The van der Waals surface area contributed by atoms with Crippen molar-refractivity contribution in [2.45, 2.75) is 46.2 Å². The summed E-state index contributed by atoms with van der Waals surface area (Å²) in [5, 5.41) is 21.5. The molecule has 2 heterocycles. The predicted molar refractivity (Wildman–Crippen MR) is 95.3 cm³/mol. The molecule has 0 unspecified atom stereocenters. The Kier molecular flexibility index (Phi) is 5.88. The van der Waals surface area contributed by atoms with Crippen LogP contribution in [-0.2, 0) is 4.79 Å². The lowest BCUT2D eigenvalue weighted by atomic mass is 10.0. The maximum Gasteiger partial charge on any atom is 0.243 e. The van der Waals surface area contributed by atoms with Gasteiger partial charge in [-0.05, 0) is 34.6 Å². The molecule has 138 valence electrons. The van der Waals surface area contributed by atoms with Gasteiger partial charge in [0.2, 0.25) is 11.8 Å². The largest absolute Gasteiger partial charge is 0.444 e. The van der Waals surface area contributed by atoms with Gasteiger partial charge in [-0.2, -0.15) is 5.26 Å². The topological polar surface area (TPSA) is 92.7 Å². The number of nitriles is 1. The number of aliphatic hydroxyl groups excluding tert-OH is 1. The Morgan fingerprint density at radius 2 is 1.96 bits per heavy atom. The molecule has 0 aromatic carbocycles. The lowest BCUT2D eigenvalue weighted by Crippen LogP contribution is -2.58. The molecule has 1 atom stereocenters. The van der Waals surface area contributed by atoms with E-state index in [2.05, 4.69) is 21.2 Å². The normalized spacial score (nSPS) is 18.0. The third-order valence-corrected chi connectivity index (χ3v) is 5.22. The Morgan fingerprint density at radius 3 is 2.48 bits per heavy atom. The van der Waals surface area contributed by atoms with Crippen LogP contribution in [0.25, 0.3) is 0 Å². The number of aliphatic hydroxyl groups is 1. The average Bonchev–Trinajstić information content (AvgIpc) is 2.87. The van der Waals surface area contributed by atoms with Crippen LogP contribution in [0.1, 0.15) is 37.7 Å². The third-order valence-electron chi connectivity index (χ3n) is 5.22. The first-order chi connectivity index (χ1) is 11.7. The minimum atomic E-state index is -0.323. The summed E-state index contributed by atoms with van der Waals surface area (Å²) in [4.78, 5) is 16.9. The molecule has 7 heteroatoms. The van der Waals surface area contributed by atoms with Crippen molar-refractivity contribution in [2.24, 2.45) is 0 Å². The summed E-state index contributed by atoms with van der Waals surface area (Å²) in [6.07, 6.45) is 0. The Bertz CT molecular complexity index is 667. The number of hydrogen-bond acceptors (Lipinski definition) is 6. The first-order valence-electron chi connectivity index (χ1n) is 8.62. The summed E-state index contributed by atoms with van der Waals surface area (Å²) in [5.74, 6) is 0.689. The van der Waals surface area contributed by atoms with Gasteiger partial charge >= 0.3 is 0 Å². The van der Waals surface area contributed by atoms with Crippen LogP contribution in [0.5, 0.6) is 0 Å². The standard InChI is InChI=1S/C18H28N4O3/c1-12-14(3)25-17(15(12)10-19)20-16(24)13(2)21-6-8-22(9-7-21)18(4,5)11-23/h13,23H,6-9,11H2,1-5H3,(H,20,24)/t13-/m1/s1. The van der Waals surface area contributed by atoms with Crippen LogP contribution in [0.2, 0.25) is 0 Å². The summed E-state index contributed by atoms with van der Waals surface area (Å²) < 4.78 is 5.51. The molecular weight excluding hydrogens is 320 g/mol. The van der Waals surface area contributed by atoms with E-state index in [0.29, 0.717) is 11.3 Å². The number of piperazine rings is 1. The molecule has 1 amide bonds. The molecule has 1 fully saturated rings. The molecule has 1 aromatic heterocycles. The molecule has 0 bridgehead atoms. The van der Waals surface area contributed by atoms with E-state index in [1.807, 2.05) is 20.8 Å². The lowest BCUT2D eigenvalue weighted by Gasteiger charge is -2.44. The number of rotatable bonds is 5. The highest BCUT2D eigenvalue weighted by atomic mass is 16.4. The second-order valence-electron chi connectivity index (χ2n) is 7.26. The van der Waals surface area contributed by atoms with Crippen LogP contribution in [0.15, 0.2) is 4.42 Å². The third kappa shape index (κ3) is 4.03. The van der Waals surface area contributed by atoms with Crippen molar-refractivity contribution in [2.75, 3.05) is 38.1 Å². The van der Waals surface area contributed by atoms with Crippen LogP contribution in [0, 0.1) is 25.2 Å². The average molecular weight is 348 g/mol. The molecular formula is C18H28N4O3. The van der Waals surface area contributed by atoms with Crippen LogP contribution in [0.3, 0.4) is 0 Å². The van der Waals surface area contributed by atoms with Crippen molar-refractivity contribution in [3.8, 4) is 6.07 Å². The molecule has 25 heavy (non-hydrogen) atoms. The highest BCUT2D eigenvalue weighted by molar-refractivity contribution is 5.94. The van der Waals surface area contributed by atoms with Crippen LogP contribution in [0.4, 0.5) is 5.88 Å². The molecule has 1 aliphatic rings. The Morgan fingerprint density at radius 1 is 1.36 bits per heavy atom. The quantitative estimate of drug-likeness (QED) is 0.837. The molecule has 2 rings (SSSR count). The van der Waals surface area contributed by atoms with Gasteiger partial charge in [0.15, 0.2) is 0 Å². The maximum absolute atomic E-state index is 12.6. The lowest BCUT2D eigenvalue weighted by molar-refractivity contribution is -0.122. The van der Waals surface area contributed by atoms with Gasteiger partial charge in [-0.1, -0.05) is 0 Å². The number of aryl methyl sites for hydroxylation is 1. The number of anilines is 1. The zero-order valence-electron chi connectivity index (χ0n) is 15.7. The first-order valence-corrected chi connectivity index (χ1v) is 8.62. The number of carbonyl (C=O) groups is 1. The molecule has 0 radical (unpaired) electrons. The van der Waals surface area contributed by atoms with Crippen LogP contribution in [-0.4, -0.2) is 65.2 Å². The second-order valence-corrected chi connectivity index (χ2v) is 7.26. The maximum atomic E-state index is 12.6. The zero-order valence-corrected chi connectivity index (χ0v) is 15.7. The fraction of sp³-hybridized carbons (Fsp3) is 0.667. The molecule has 0 spiro atoms. The Labute approximate surface area is 149 Å². The van der Waals surface area contributed by atoms with E-state index >= 15 is 0 Å². The summed E-state index contributed by atoms with van der Waals surface area (Å²) in [7, 11) is 0. The van der Waals surface area contributed by atoms with Crippen molar-refractivity contribution in [3.05, 3.63) is 16.9 Å². The predicted octanol–water partition coefficient (Wildman–Crippen LogP) is 1.48. The molecule has 1 saturated heterocycles. The fourth-order valence-electron chi connectivity index (χ4n) is 3.05. The highest BCUT2D eigenvalue weighted by Crippen LogP contribution is 2.26. The zero-order chi connectivity index (χ0) is 18.8. The van der Waals surface area contributed by atoms with Crippen molar-refractivity contribution < 1.29 is 14.3 Å². The molecule has 1 aromatic rings. The number of nitrogens with zero attached hydrogens (tertiary/aromatic N) is 3.